The Balaban J connectivity index is 1.66. The Morgan fingerprint density at radius 1 is 1.43 bits per heavy atom. The number of H-pyrrole nitrogens is 1. The minimum atomic E-state index is -0.134. The summed E-state index contributed by atoms with van der Waals surface area (Å²) in [5.41, 5.74) is 2.19. The van der Waals surface area contributed by atoms with E-state index in [1.807, 2.05) is 12.1 Å². The second-order valence-electron chi connectivity index (χ2n) is 5.19. The van der Waals surface area contributed by atoms with E-state index >= 15 is 0 Å². The fourth-order valence-electron chi connectivity index (χ4n) is 2.50. The molecule has 2 aromatic heterocycles. The van der Waals surface area contributed by atoms with Gasteiger partial charge in [0, 0.05) is 31.1 Å². The molecule has 2 N–H and O–H groups in total. The van der Waals surface area contributed by atoms with Crippen molar-refractivity contribution in [3.8, 4) is 11.1 Å². The Labute approximate surface area is 122 Å². The third-order valence-electron chi connectivity index (χ3n) is 3.66. The zero-order valence-corrected chi connectivity index (χ0v) is 11.7. The number of rotatable bonds is 4. The largest absolute Gasteiger partial charge is 0.381 e. The van der Waals surface area contributed by atoms with E-state index in [1.54, 1.807) is 18.6 Å². The molecule has 1 amide bonds. The van der Waals surface area contributed by atoms with Gasteiger partial charge >= 0.3 is 0 Å². The van der Waals surface area contributed by atoms with Crippen LogP contribution in [-0.4, -0.2) is 40.8 Å². The van der Waals surface area contributed by atoms with Gasteiger partial charge in [-0.05, 0) is 36.5 Å². The summed E-state index contributed by atoms with van der Waals surface area (Å²) in [7, 11) is 0. The molecule has 1 aliphatic rings. The van der Waals surface area contributed by atoms with E-state index in [1.165, 1.54) is 0 Å². The Hall–Kier alpha value is -2.21. The molecule has 21 heavy (non-hydrogen) atoms. The van der Waals surface area contributed by atoms with E-state index in [0.29, 0.717) is 18.2 Å². The molecule has 3 heterocycles. The zero-order chi connectivity index (χ0) is 14.5. The number of pyridine rings is 1. The van der Waals surface area contributed by atoms with Gasteiger partial charge in [0.15, 0.2) is 0 Å². The number of ether oxygens (including phenoxy) is 1. The van der Waals surface area contributed by atoms with Crippen LogP contribution in [0.25, 0.3) is 11.1 Å². The standard InChI is InChI=1S/C15H18N4O2/c20-15(17-8-11-2-1-7-21-10-11)14-13(9-18-19-14)12-3-5-16-6-4-12/h3-6,9,11H,1-2,7-8,10H2,(H,17,20)(H,18,19). The second kappa shape index (κ2) is 6.49. The van der Waals surface area contributed by atoms with Crippen molar-refractivity contribution in [1.82, 2.24) is 20.5 Å². The first-order chi connectivity index (χ1) is 10.3. The monoisotopic (exact) mass is 286 g/mol. The summed E-state index contributed by atoms with van der Waals surface area (Å²) in [5, 5.41) is 9.72. The average Bonchev–Trinajstić information content (AvgIpc) is 3.04. The van der Waals surface area contributed by atoms with Crippen molar-refractivity contribution in [2.24, 2.45) is 5.92 Å². The highest BCUT2D eigenvalue weighted by atomic mass is 16.5. The van der Waals surface area contributed by atoms with Gasteiger partial charge in [-0.3, -0.25) is 14.9 Å². The fraction of sp³-hybridized carbons (Fsp3) is 0.400. The maximum Gasteiger partial charge on any atom is 0.269 e. The summed E-state index contributed by atoms with van der Waals surface area (Å²) in [5.74, 6) is 0.264. The summed E-state index contributed by atoms with van der Waals surface area (Å²) in [6, 6.07) is 3.72. The van der Waals surface area contributed by atoms with Gasteiger partial charge in [-0.2, -0.15) is 5.10 Å². The lowest BCUT2D eigenvalue weighted by Gasteiger charge is -2.22. The number of hydrogen-bond acceptors (Lipinski definition) is 4. The van der Waals surface area contributed by atoms with E-state index in [0.717, 1.165) is 37.2 Å². The van der Waals surface area contributed by atoms with Crippen LogP contribution in [0.4, 0.5) is 0 Å². The van der Waals surface area contributed by atoms with Crippen LogP contribution in [0, 0.1) is 5.92 Å². The lowest BCUT2D eigenvalue weighted by Crippen LogP contribution is -2.33. The van der Waals surface area contributed by atoms with E-state index in [2.05, 4.69) is 20.5 Å². The Bertz CT molecular complexity index is 591. The molecule has 1 fully saturated rings. The normalized spacial score (nSPS) is 18.4. The van der Waals surface area contributed by atoms with Gasteiger partial charge in [0.2, 0.25) is 0 Å². The minimum absolute atomic E-state index is 0.134. The van der Waals surface area contributed by atoms with Crippen LogP contribution < -0.4 is 5.32 Å². The number of hydrogen-bond donors (Lipinski definition) is 2. The second-order valence-corrected chi connectivity index (χ2v) is 5.19. The number of carbonyl (C=O) groups is 1. The van der Waals surface area contributed by atoms with E-state index in [9.17, 15) is 4.79 Å². The van der Waals surface area contributed by atoms with Gasteiger partial charge in [0.05, 0.1) is 12.8 Å². The van der Waals surface area contributed by atoms with Crippen LogP contribution in [0.1, 0.15) is 23.3 Å². The van der Waals surface area contributed by atoms with Crippen LogP contribution >= 0.6 is 0 Å². The predicted octanol–water partition coefficient (Wildman–Crippen LogP) is 1.63. The van der Waals surface area contributed by atoms with Gasteiger partial charge in [-0.1, -0.05) is 0 Å². The van der Waals surface area contributed by atoms with Crippen LogP contribution in [0.15, 0.2) is 30.7 Å². The predicted molar refractivity (Wildman–Crippen MR) is 77.7 cm³/mol. The number of carbonyl (C=O) groups excluding carboxylic acids is 1. The molecule has 6 heteroatoms. The maximum atomic E-state index is 12.3. The first-order valence-electron chi connectivity index (χ1n) is 7.14. The SMILES string of the molecule is O=C(NCC1CCCOC1)c1[nH]ncc1-c1ccncc1. The molecule has 1 saturated heterocycles. The number of amides is 1. The van der Waals surface area contributed by atoms with Gasteiger partial charge in [0.1, 0.15) is 5.69 Å². The smallest absolute Gasteiger partial charge is 0.269 e. The first kappa shape index (κ1) is 13.8. The van der Waals surface area contributed by atoms with E-state index in [-0.39, 0.29) is 5.91 Å². The topological polar surface area (TPSA) is 79.9 Å². The summed E-state index contributed by atoms with van der Waals surface area (Å²) in [6.07, 6.45) is 7.22. The summed E-state index contributed by atoms with van der Waals surface area (Å²) in [6.45, 7) is 2.19. The molecule has 0 aliphatic carbocycles. The summed E-state index contributed by atoms with van der Waals surface area (Å²) >= 11 is 0. The van der Waals surface area contributed by atoms with Crippen molar-refractivity contribution in [2.75, 3.05) is 19.8 Å². The molecule has 110 valence electrons. The highest BCUT2D eigenvalue weighted by molar-refractivity contribution is 5.98. The van der Waals surface area contributed by atoms with E-state index < -0.39 is 0 Å². The molecule has 1 aliphatic heterocycles. The molecule has 3 rings (SSSR count). The first-order valence-corrected chi connectivity index (χ1v) is 7.14. The van der Waals surface area contributed by atoms with Crippen LogP contribution in [0.2, 0.25) is 0 Å². The molecular weight excluding hydrogens is 268 g/mol. The molecule has 1 unspecified atom stereocenters. The van der Waals surface area contributed by atoms with E-state index in [4.69, 9.17) is 4.74 Å². The molecule has 0 radical (unpaired) electrons. The summed E-state index contributed by atoms with van der Waals surface area (Å²) < 4.78 is 5.42. The minimum Gasteiger partial charge on any atom is -0.381 e. The maximum absolute atomic E-state index is 12.3. The zero-order valence-electron chi connectivity index (χ0n) is 11.7. The quantitative estimate of drug-likeness (QED) is 0.895. The van der Waals surface area contributed by atoms with Gasteiger partial charge in [-0.25, -0.2) is 0 Å². The van der Waals surface area contributed by atoms with Crippen molar-refractivity contribution in [2.45, 2.75) is 12.8 Å². The fourth-order valence-corrected chi connectivity index (χ4v) is 2.50. The molecule has 0 spiro atoms. The highest BCUT2D eigenvalue weighted by Gasteiger charge is 2.18. The Morgan fingerprint density at radius 3 is 3.05 bits per heavy atom. The Morgan fingerprint density at radius 2 is 2.29 bits per heavy atom. The van der Waals surface area contributed by atoms with Crippen molar-refractivity contribution >= 4 is 5.91 Å². The molecule has 0 bridgehead atoms. The van der Waals surface area contributed by atoms with Gasteiger partial charge in [0.25, 0.3) is 5.91 Å². The molecular formula is C15H18N4O2. The number of nitrogens with zero attached hydrogens (tertiary/aromatic N) is 2. The van der Waals surface area contributed by atoms with Crippen molar-refractivity contribution < 1.29 is 9.53 Å². The van der Waals surface area contributed by atoms with Crippen molar-refractivity contribution in [3.05, 3.63) is 36.4 Å². The third kappa shape index (κ3) is 3.28. The number of aromatic amines is 1. The lowest BCUT2D eigenvalue weighted by molar-refractivity contribution is 0.0536. The highest BCUT2D eigenvalue weighted by Crippen LogP contribution is 2.21. The van der Waals surface area contributed by atoms with Crippen molar-refractivity contribution in [1.29, 1.82) is 0 Å². The lowest BCUT2D eigenvalue weighted by atomic mass is 10.0. The number of nitrogens with one attached hydrogen (secondary N) is 2. The molecule has 2 aromatic rings. The van der Waals surface area contributed by atoms with Crippen molar-refractivity contribution in [3.63, 3.8) is 0 Å². The number of aromatic nitrogens is 3. The van der Waals surface area contributed by atoms with Crippen LogP contribution in [0.3, 0.4) is 0 Å². The third-order valence-corrected chi connectivity index (χ3v) is 3.66. The van der Waals surface area contributed by atoms with Gasteiger partial charge in [-0.15, -0.1) is 0 Å². The average molecular weight is 286 g/mol. The van der Waals surface area contributed by atoms with Gasteiger partial charge < -0.3 is 10.1 Å². The van der Waals surface area contributed by atoms with Crippen LogP contribution in [0.5, 0.6) is 0 Å². The summed E-state index contributed by atoms with van der Waals surface area (Å²) in [4.78, 5) is 16.3. The molecule has 0 aromatic carbocycles. The Kier molecular flexibility index (Phi) is 4.25. The van der Waals surface area contributed by atoms with Crippen LogP contribution in [-0.2, 0) is 4.74 Å². The molecule has 1 atom stereocenters. The molecule has 0 saturated carbocycles. The molecule has 6 nitrogen and oxygen atoms in total.